The van der Waals surface area contributed by atoms with Crippen molar-refractivity contribution >= 4 is 11.8 Å². The minimum absolute atomic E-state index is 0.00978. The van der Waals surface area contributed by atoms with Crippen molar-refractivity contribution in [3.05, 3.63) is 0 Å². The van der Waals surface area contributed by atoms with E-state index < -0.39 is 5.41 Å². The van der Waals surface area contributed by atoms with E-state index >= 15 is 0 Å². The van der Waals surface area contributed by atoms with Gasteiger partial charge in [-0.05, 0) is 18.8 Å². The van der Waals surface area contributed by atoms with Crippen molar-refractivity contribution in [3.8, 4) is 0 Å². The van der Waals surface area contributed by atoms with Gasteiger partial charge >= 0.3 is 0 Å². The van der Waals surface area contributed by atoms with E-state index in [-0.39, 0.29) is 11.8 Å². The highest BCUT2D eigenvalue weighted by atomic mass is 16.2. The molecule has 1 aliphatic carbocycles. The second kappa shape index (κ2) is 8.25. The molecule has 1 fully saturated rings. The molecule has 0 aromatic carbocycles. The van der Waals surface area contributed by atoms with Gasteiger partial charge in [0.2, 0.25) is 11.8 Å². The minimum atomic E-state index is -0.396. The molecule has 0 spiro atoms. The lowest BCUT2D eigenvalue weighted by atomic mass is 9.73. The van der Waals surface area contributed by atoms with Crippen molar-refractivity contribution in [2.45, 2.75) is 52.4 Å². The summed E-state index contributed by atoms with van der Waals surface area (Å²) >= 11 is 0. The van der Waals surface area contributed by atoms with E-state index in [2.05, 4.69) is 24.5 Å². The summed E-state index contributed by atoms with van der Waals surface area (Å²) < 4.78 is 0. The predicted molar refractivity (Wildman–Crippen MR) is 80.0 cm³/mol. The van der Waals surface area contributed by atoms with E-state index in [9.17, 15) is 9.59 Å². The quantitative estimate of drug-likeness (QED) is 0.656. The van der Waals surface area contributed by atoms with Crippen LogP contribution in [0.2, 0.25) is 0 Å². The predicted octanol–water partition coefficient (Wildman–Crippen LogP) is 1.17. The van der Waals surface area contributed by atoms with E-state index in [4.69, 9.17) is 5.73 Å². The lowest BCUT2D eigenvalue weighted by molar-refractivity contribution is -0.132. The Kier molecular flexibility index (Phi) is 6.99. The monoisotopic (exact) mass is 283 g/mol. The molecular weight excluding hydrogens is 254 g/mol. The Balaban J connectivity index is 2.29. The highest BCUT2D eigenvalue weighted by molar-refractivity contribution is 5.83. The Morgan fingerprint density at radius 3 is 2.35 bits per heavy atom. The molecule has 0 aromatic heterocycles. The highest BCUT2D eigenvalue weighted by Crippen LogP contribution is 2.35. The Labute approximate surface area is 122 Å². The van der Waals surface area contributed by atoms with Gasteiger partial charge in [-0.3, -0.25) is 9.59 Å². The summed E-state index contributed by atoms with van der Waals surface area (Å²) in [5.41, 5.74) is 5.42. The molecule has 0 heterocycles. The molecule has 1 rings (SSSR count). The Hall–Kier alpha value is -1.10. The second-order valence-corrected chi connectivity index (χ2v) is 6.25. The van der Waals surface area contributed by atoms with E-state index in [1.54, 1.807) is 0 Å². The highest BCUT2D eigenvalue weighted by Gasteiger charge is 2.37. The Bertz CT molecular complexity index is 323. The van der Waals surface area contributed by atoms with Crippen LogP contribution in [0.1, 0.15) is 52.4 Å². The van der Waals surface area contributed by atoms with Gasteiger partial charge in [0.05, 0.1) is 5.41 Å². The van der Waals surface area contributed by atoms with Gasteiger partial charge in [0, 0.05) is 26.1 Å². The molecule has 116 valence electrons. The van der Waals surface area contributed by atoms with Crippen molar-refractivity contribution in [1.29, 1.82) is 0 Å². The fourth-order valence-corrected chi connectivity index (χ4v) is 2.64. The molecule has 0 bridgehead atoms. The van der Waals surface area contributed by atoms with Gasteiger partial charge in [0.15, 0.2) is 0 Å². The first-order valence-electron chi connectivity index (χ1n) is 7.75. The van der Waals surface area contributed by atoms with Crippen LogP contribution >= 0.6 is 0 Å². The number of carbonyl (C=O) groups is 2. The van der Waals surface area contributed by atoms with Crippen LogP contribution in [-0.4, -0.2) is 31.4 Å². The van der Waals surface area contributed by atoms with Crippen molar-refractivity contribution in [3.63, 3.8) is 0 Å². The molecule has 1 aliphatic rings. The first kappa shape index (κ1) is 17.0. The minimum Gasteiger partial charge on any atom is -0.356 e. The van der Waals surface area contributed by atoms with Crippen molar-refractivity contribution in [1.82, 2.24) is 10.6 Å². The summed E-state index contributed by atoms with van der Waals surface area (Å²) in [4.78, 5) is 23.8. The third kappa shape index (κ3) is 5.12. The number of hydrogen-bond acceptors (Lipinski definition) is 3. The number of nitrogens with two attached hydrogens (primary N) is 1. The number of nitrogens with one attached hydrogen (secondary N) is 2. The molecule has 20 heavy (non-hydrogen) atoms. The lowest BCUT2D eigenvalue weighted by Gasteiger charge is -2.34. The lowest BCUT2D eigenvalue weighted by Crippen LogP contribution is -2.47. The zero-order chi connectivity index (χ0) is 15.0. The Morgan fingerprint density at radius 1 is 1.15 bits per heavy atom. The summed E-state index contributed by atoms with van der Waals surface area (Å²) in [6.07, 6.45) is 5.40. The maximum absolute atomic E-state index is 12.3. The Morgan fingerprint density at radius 2 is 1.80 bits per heavy atom. The van der Waals surface area contributed by atoms with Gasteiger partial charge in [0.1, 0.15) is 0 Å². The zero-order valence-corrected chi connectivity index (χ0v) is 12.8. The van der Waals surface area contributed by atoms with Crippen molar-refractivity contribution in [2.75, 3.05) is 19.6 Å². The largest absolute Gasteiger partial charge is 0.356 e. The number of amides is 2. The van der Waals surface area contributed by atoms with Gasteiger partial charge in [-0.2, -0.15) is 0 Å². The third-order valence-corrected chi connectivity index (χ3v) is 4.03. The molecule has 0 saturated heterocycles. The molecule has 0 atom stereocenters. The van der Waals surface area contributed by atoms with Gasteiger partial charge in [-0.15, -0.1) is 0 Å². The smallest absolute Gasteiger partial charge is 0.227 e. The summed E-state index contributed by atoms with van der Waals surface area (Å²) in [5.74, 6) is 0.456. The van der Waals surface area contributed by atoms with Crippen LogP contribution in [0, 0.1) is 11.3 Å². The third-order valence-electron chi connectivity index (χ3n) is 4.03. The number of rotatable bonds is 7. The maximum Gasteiger partial charge on any atom is 0.227 e. The average molecular weight is 283 g/mol. The summed E-state index contributed by atoms with van der Waals surface area (Å²) in [6, 6.07) is 0. The van der Waals surface area contributed by atoms with Crippen molar-refractivity contribution in [2.24, 2.45) is 17.1 Å². The van der Waals surface area contributed by atoms with Crippen LogP contribution < -0.4 is 16.4 Å². The summed E-state index contributed by atoms with van der Waals surface area (Å²) in [5, 5.41) is 5.73. The van der Waals surface area contributed by atoms with Gasteiger partial charge in [-0.1, -0.05) is 33.1 Å². The first-order chi connectivity index (χ1) is 9.50. The van der Waals surface area contributed by atoms with Crippen LogP contribution in [0.25, 0.3) is 0 Å². The van der Waals surface area contributed by atoms with E-state index in [0.29, 0.717) is 32.0 Å². The van der Waals surface area contributed by atoms with Crippen LogP contribution in [0.5, 0.6) is 0 Å². The molecular formula is C15H29N3O2. The molecule has 2 amide bonds. The van der Waals surface area contributed by atoms with Crippen LogP contribution in [0.15, 0.2) is 0 Å². The molecule has 5 heteroatoms. The second-order valence-electron chi connectivity index (χ2n) is 6.25. The van der Waals surface area contributed by atoms with Crippen molar-refractivity contribution < 1.29 is 9.59 Å². The number of carbonyl (C=O) groups excluding carboxylic acids is 2. The standard InChI is InChI=1S/C15H29N3O2/c1-12(2)10-18-13(19)6-9-17-14(20)15(11-16)7-4-3-5-8-15/h12H,3-11,16H2,1-2H3,(H,17,20)(H,18,19). The van der Waals surface area contributed by atoms with Crippen LogP contribution in [-0.2, 0) is 9.59 Å². The normalized spacial score (nSPS) is 17.8. The first-order valence-corrected chi connectivity index (χ1v) is 7.75. The SMILES string of the molecule is CC(C)CNC(=O)CCNC(=O)C1(CN)CCCCC1. The molecule has 4 N–H and O–H groups in total. The van der Waals surface area contributed by atoms with E-state index in [0.717, 1.165) is 25.7 Å². The van der Waals surface area contributed by atoms with Gasteiger partial charge < -0.3 is 16.4 Å². The van der Waals surface area contributed by atoms with Gasteiger partial charge in [0.25, 0.3) is 0 Å². The maximum atomic E-state index is 12.3. The topological polar surface area (TPSA) is 84.2 Å². The average Bonchev–Trinajstić information content (AvgIpc) is 2.45. The molecule has 0 unspecified atom stereocenters. The fourth-order valence-electron chi connectivity index (χ4n) is 2.64. The molecule has 0 aliphatic heterocycles. The summed E-state index contributed by atoms with van der Waals surface area (Å²) in [7, 11) is 0. The molecule has 0 radical (unpaired) electrons. The fraction of sp³-hybridized carbons (Fsp3) is 0.867. The van der Waals surface area contributed by atoms with E-state index in [1.807, 2.05) is 0 Å². The molecule has 0 aromatic rings. The van der Waals surface area contributed by atoms with Gasteiger partial charge in [-0.25, -0.2) is 0 Å². The van der Waals surface area contributed by atoms with E-state index in [1.165, 1.54) is 6.42 Å². The van der Waals surface area contributed by atoms with Crippen LogP contribution in [0.4, 0.5) is 0 Å². The molecule has 1 saturated carbocycles. The number of hydrogen-bond donors (Lipinski definition) is 3. The summed E-state index contributed by atoms with van der Waals surface area (Å²) in [6.45, 7) is 5.58. The molecule has 5 nitrogen and oxygen atoms in total. The van der Waals surface area contributed by atoms with Crippen LogP contribution in [0.3, 0.4) is 0 Å². The zero-order valence-electron chi connectivity index (χ0n) is 12.8.